The molecule has 2 N–H and O–H groups in total. The Morgan fingerprint density at radius 3 is 2.58 bits per heavy atom. The smallest absolute Gasteiger partial charge is 0.319 e. The molecule has 5 nitrogen and oxygen atoms in total. The van der Waals surface area contributed by atoms with Crippen molar-refractivity contribution in [3.05, 3.63) is 54.0 Å². The number of furan rings is 1. The maximum absolute atomic E-state index is 12.3. The van der Waals surface area contributed by atoms with Crippen molar-refractivity contribution < 1.29 is 9.21 Å². The van der Waals surface area contributed by atoms with Crippen molar-refractivity contribution in [2.24, 2.45) is 0 Å². The van der Waals surface area contributed by atoms with E-state index in [1.54, 1.807) is 6.26 Å². The lowest BCUT2D eigenvalue weighted by Gasteiger charge is -2.33. The molecule has 1 aromatic carbocycles. The van der Waals surface area contributed by atoms with Gasteiger partial charge in [0.2, 0.25) is 0 Å². The van der Waals surface area contributed by atoms with Crippen molar-refractivity contribution in [2.75, 3.05) is 25.0 Å². The van der Waals surface area contributed by atoms with E-state index in [0.717, 1.165) is 37.4 Å². The molecule has 1 aliphatic heterocycles. The minimum absolute atomic E-state index is 0.0861. The van der Waals surface area contributed by atoms with Gasteiger partial charge in [-0.1, -0.05) is 31.9 Å². The molecule has 3 rings (SSSR count). The van der Waals surface area contributed by atoms with Gasteiger partial charge in [-0.25, -0.2) is 4.79 Å². The second-order valence-corrected chi connectivity index (χ2v) is 6.91. The van der Waals surface area contributed by atoms with Gasteiger partial charge in [-0.2, -0.15) is 0 Å². The lowest BCUT2D eigenvalue weighted by atomic mass is 10.1. The van der Waals surface area contributed by atoms with Crippen molar-refractivity contribution in [1.29, 1.82) is 0 Å². The van der Waals surface area contributed by atoms with Crippen LogP contribution in [-0.4, -0.2) is 30.6 Å². The molecule has 2 amide bonds. The Hall–Kier alpha value is -2.27. The number of rotatable bonds is 7. The second kappa shape index (κ2) is 9.43. The number of hydrogen-bond acceptors (Lipinski definition) is 3. The number of aryl methyl sites for hydroxylation is 1. The normalized spacial score (nSPS) is 16.2. The highest BCUT2D eigenvalue weighted by Crippen LogP contribution is 2.24. The van der Waals surface area contributed by atoms with Crippen molar-refractivity contribution in [3.8, 4) is 0 Å². The lowest BCUT2D eigenvalue weighted by Crippen LogP contribution is -2.41. The fourth-order valence-electron chi connectivity index (χ4n) is 3.53. The van der Waals surface area contributed by atoms with E-state index in [9.17, 15) is 4.79 Å². The van der Waals surface area contributed by atoms with Crippen LogP contribution in [0.15, 0.2) is 47.1 Å². The number of anilines is 1. The molecule has 0 spiro atoms. The highest BCUT2D eigenvalue weighted by atomic mass is 16.3. The molecule has 1 unspecified atom stereocenters. The van der Waals surface area contributed by atoms with Crippen molar-refractivity contribution in [2.45, 2.75) is 45.1 Å². The van der Waals surface area contributed by atoms with Crippen LogP contribution < -0.4 is 10.6 Å². The number of urea groups is 1. The molecule has 2 heterocycles. The first-order valence-electron chi connectivity index (χ1n) is 9.67. The zero-order valence-electron chi connectivity index (χ0n) is 15.5. The number of carbonyl (C=O) groups is 1. The van der Waals surface area contributed by atoms with Crippen molar-refractivity contribution in [1.82, 2.24) is 10.2 Å². The Bertz CT molecular complexity index is 661. The molecule has 1 aromatic heterocycles. The van der Waals surface area contributed by atoms with Gasteiger partial charge in [-0.05, 0) is 62.2 Å². The first-order valence-corrected chi connectivity index (χ1v) is 9.67. The van der Waals surface area contributed by atoms with Gasteiger partial charge >= 0.3 is 6.03 Å². The van der Waals surface area contributed by atoms with Gasteiger partial charge in [0.1, 0.15) is 5.76 Å². The average Bonchev–Trinajstić information content (AvgIpc) is 3.19. The van der Waals surface area contributed by atoms with Crippen LogP contribution in [0.5, 0.6) is 0 Å². The van der Waals surface area contributed by atoms with Gasteiger partial charge in [-0.15, -0.1) is 0 Å². The first-order chi connectivity index (χ1) is 12.8. The maximum atomic E-state index is 12.3. The summed E-state index contributed by atoms with van der Waals surface area (Å²) < 4.78 is 5.62. The van der Waals surface area contributed by atoms with E-state index in [0.29, 0.717) is 6.54 Å². The molecule has 1 atom stereocenters. The Kier molecular flexibility index (Phi) is 6.72. The monoisotopic (exact) mass is 355 g/mol. The fraction of sp³-hybridized carbons (Fsp3) is 0.476. The van der Waals surface area contributed by atoms with Gasteiger partial charge in [0.25, 0.3) is 0 Å². The average molecular weight is 355 g/mol. The molecule has 26 heavy (non-hydrogen) atoms. The molecule has 140 valence electrons. The molecule has 1 aliphatic rings. The van der Waals surface area contributed by atoms with E-state index in [1.807, 2.05) is 24.3 Å². The third-order valence-electron chi connectivity index (χ3n) is 4.91. The summed E-state index contributed by atoms with van der Waals surface area (Å²) in [5, 5.41) is 5.92. The molecule has 0 radical (unpaired) electrons. The summed E-state index contributed by atoms with van der Waals surface area (Å²) in [4.78, 5) is 14.7. The van der Waals surface area contributed by atoms with Crippen molar-refractivity contribution >= 4 is 11.7 Å². The van der Waals surface area contributed by atoms with E-state index in [4.69, 9.17) is 4.42 Å². The molecule has 1 saturated heterocycles. The summed E-state index contributed by atoms with van der Waals surface area (Å²) in [5.74, 6) is 0.913. The van der Waals surface area contributed by atoms with Crippen LogP contribution in [0, 0.1) is 0 Å². The van der Waals surface area contributed by atoms with Crippen molar-refractivity contribution in [3.63, 3.8) is 0 Å². The number of benzene rings is 1. The maximum Gasteiger partial charge on any atom is 0.319 e. The van der Waals surface area contributed by atoms with Gasteiger partial charge in [0.15, 0.2) is 0 Å². The zero-order chi connectivity index (χ0) is 18.2. The van der Waals surface area contributed by atoms with Crippen LogP contribution in [0.25, 0.3) is 0 Å². The van der Waals surface area contributed by atoms with Crippen LogP contribution >= 0.6 is 0 Å². The number of hydrogen-bond donors (Lipinski definition) is 2. The zero-order valence-corrected chi connectivity index (χ0v) is 15.5. The number of nitrogens with zero attached hydrogens (tertiary/aromatic N) is 1. The number of amides is 2. The number of likely N-dealkylation sites (tertiary alicyclic amines) is 1. The topological polar surface area (TPSA) is 57.5 Å². The predicted molar refractivity (Wildman–Crippen MR) is 104 cm³/mol. The molecule has 0 aliphatic carbocycles. The summed E-state index contributed by atoms with van der Waals surface area (Å²) in [5.41, 5.74) is 2.11. The van der Waals surface area contributed by atoms with E-state index < -0.39 is 0 Å². The van der Waals surface area contributed by atoms with Crippen LogP contribution in [0.3, 0.4) is 0 Å². The van der Waals surface area contributed by atoms with Crippen LogP contribution in [0.1, 0.15) is 50.0 Å². The van der Waals surface area contributed by atoms with Gasteiger partial charge < -0.3 is 15.1 Å². The minimum Gasteiger partial charge on any atom is -0.468 e. The number of carbonyl (C=O) groups excluding carboxylic acids is 1. The number of nitrogens with one attached hydrogen (secondary N) is 2. The highest BCUT2D eigenvalue weighted by Gasteiger charge is 2.24. The Morgan fingerprint density at radius 1 is 1.15 bits per heavy atom. The Balaban J connectivity index is 1.55. The SMILES string of the molecule is CCCc1ccc(NC(=O)NCC(c2ccco2)N2CCCCC2)cc1. The standard InChI is InChI=1S/C21H29N3O2/c1-2-7-17-9-11-18(12-10-17)23-21(25)22-16-19(20-8-6-15-26-20)24-13-4-3-5-14-24/h6,8-12,15,19H,2-5,7,13-14,16H2,1H3,(H2,22,23,25). The summed E-state index contributed by atoms with van der Waals surface area (Å²) in [6.45, 7) is 4.80. The fourth-order valence-corrected chi connectivity index (χ4v) is 3.53. The summed E-state index contributed by atoms with van der Waals surface area (Å²) >= 11 is 0. The molecule has 0 bridgehead atoms. The van der Waals surface area contributed by atoms with Gasteiger partial charge in [0.05, 0.1) is 12.3 Å². The second-order valence-electron chi connectivity index (χ2n) is 6.91. The van der Waals surface area contributed by atoms with E-state index in [-0.39, 0.29) is 12.1 Å². The molecule has 0 saturated carbocycles. The first kappa shape index (κ1) is 18.5. The quantitative estimate of drug-likeness (QED) is 0.764. The highest BCUT2D eigenvalue weighted by molar-refractivity contribution is 5.89. The minimum atomic E-state index is -0.179. The Labute approximate surface area is 155 Å². The van der Waals surface area contributed by atoms with Crippen LogP contribution in [0.4, 0.5) is 10.5 Å². The van der Waals surface area contributed by atoms with Crippen LogP contribution in [-0.2, 0) is 6.42 Å². The van der Waals surface area contributed by atoms with Crippen LogP contribution in [0.2, 0.25) is 0 Å². The third-order valence-corrected chi connectivity index (χ3v) is 4.91. The molecule has 2 aromatic rings. The molecule has 5 heteroatoms. The molecular weight excluding hydrogens is 326 g/mol. The van der Waals surface area contributed by atoms with E-state index >= 15 is 0 Å². The summed E-state index contributed by atoms with van der Waals surface area (Å²) in [7, 11) is 0. The predicted octanol–water partition coefficient (Wildman–Crippen LogP) is 4.58. The van der Waals surface area contributed by atoms with E-state index in [1.165, 1.54) is 24.8 Å². The Morgan fingerprint density at radius 2 is 1.92 bits per heavy atom. The summed E-state index contributed by atoms with van der Waals surface area (Å²) in [6, 6.07) is 11.9. The third kappa shape index (κ3) is 5.11. The summed E-state index contributed by atoms with van der Waals surface area (Å²) in [6.07, 6.45) is 7.57. The van der Waals surface area contributed by atoms with Gasteiger partial charge in [-0.3, -0.25) is 4.90 Å². The molecular formula is C21H29N3O2. The lowest BCUT2D eigenvalue weighted by molar-refractivity contribution is 0.144. The molecule has 1 fully saturated rings. The van der Waals surface area contributed by atoms with E-state index in [2.05, 4.69) is 34.6 Å². The largest absolute Gasteiger partial charge is 0.468 e. The number of piperidine rings is 1. The van der Waals surface area contributed by atoms with Gasteiger partial charge in [0, 0.05) is 12.2 Å².